The summed E-state index contributed by atoms with van der Waals surface area (Å²) < 4.78 is 1.40. The van der Waals surface area contributed by atoms with Crippen LogP contribution in [-0.2, 0) is 4.79 Å². The highest BCUT2D eigenvalue weighted by molar-refractivity contribution is 7.12. The number of thiophene rings is 1. The van der Waals surface area contributed by atoms with Crippen molar-refractivity contribution in [3.63, 3.8) is 0 Å². The molecule has 2 aromatic rings. The van der Waals surface area contributed by atoms with Crippen LogP contribution in [0, 0.1) is 0 Å². The van der Waals surface area contributed by atoms with Crippen LogP contribution in [0.5, 0.6) is 0 Å². The van der Waals surface area contributed by atoms with E-state index in [2.05, 4.69) is 15.5 Å². The molecule has 0 bridgehead atoms. The maximum absolute atomic E-state index is 12.7. The quantitative estimate of drug-likeness (QED) is 0.900. The first-order valence-corrected chi connectivity index (χ1v) is 7.28. The van der Waals surface area contributed by atoms with Gasteiger partial charge in [-0.2, -0.15) is 4.68 Å². The predicted octanol–water partition coefficient (Wildman–Crippen LogP) is 0.803. The number of amides is 1. The lowest BCUT2D eigenvalue weighted by molar-refractivity contribution is -0.147. The number of carboxylic acids is 1. The van der Waals surface area contributed by atoms with Crippen molar-refractivity contribution in [1.29, 1.82) is 0 Å². The summed E-state index contributed by atoms with van der Waals surface area (Å²) in [4.78, 5) is 26.1. The fraction of sp³-hybridized carbons (Fsp3) is 0.417. The summed E-state index contributed by atoms with van der Waals surface area (Å²) in [5.41, 5.74) is -0.589. The van der Waals surface area contributed by atoms with E-state index in [0.717, 1.165) is 0 Å². The van der Waals surface area contributed by atoms with E-state index >= 15 is 0 Å². The smallest absolute Gasteiger partial charge is 0.329 e. The number of likely N-dealkylation sites (tertiary alicyclic amines) is 1. The predicted molar refractivity (Wildman–Crippen MR) is 73.3 cm³/mol. The Balaban J connectivity index is 1.97. The van der Waals surface area contributed by atoms with Crippen molar-refractivity contribution in [2.45, 2.75) is 25.3 Å². The highest BCUT2D eigenvalue weighted by Crippen LogP contribution is 2.33. The zero-order chi connectivity index (χ0) is 15.0. The van der Waals surface area contributed by atoms with Gasteiger partial charge in [-0.3, -0.25) is 4.79 Å². The Kier molecular flexibility index (Phi) is 3.20. The highest BCUT2D eigenvalue weighted by Gasteiger charge is 2.46. The molecule has 1 N–H and O–H groups in total. The molecule has 1 aliphatic heterocycles. The number of tetrazole rings is 1. The van der Waals surface area contributed by atoms with Crippen molar-refractivity contribution >= 4 is 23.2 Å². The molecule has 3 rings (SSSR count). The number of carbonyl (C=O) groups is 2. The molecule has 0 aromatic carbocycles. The van der Waals surface area contributed by atoms with Crippen molar-refractivity contribution < 1.29 is 14.7 Å². The van der Waals surface area contributed by atoms with E-state index < -0.39 is 11.5 Å². The van der Waals surface area contributed by atoms with Gasteiger partial charge in [0, 0.05) is 6.54 Å². The van der Waals surface area contributed by atoms with Gasteiger partial charge in [0.25, 0.3) is 5.91 Å². The second kappa shape index (κ2) is 4.92. The topological polar surface area (TPSA) is 101 Å². The zero-order valence-corrected chi connectivity index (χ0v) is 12.1. The van der Waals surface area contributed by atoms with Gasteiger partial charge in [0.05, 0.1) is 5.69 Å². The van der Waals surface area contributed by atoms with Gasteiger partial charge in [0.1, 0.15) is 16.7 Å². The van der Waals surface area contributed by atoms with Crippen LogP contribution in [0.3, 0.4) is 0 Å². The molecule has 1 fully saturated rings. The molecule has 1 aliphatic rings. The lowest BCUT2D eigenvalue weighted by atomic mass is 9.99. The lowest BCUT2D eigenvalue weighted by Crippen LogP contribution is -2.50. The van der Waals surface area contributed by atoms with Crippen molar-refractivity contribution in [3.8, 4) is 5.69 Å². The number of carboxylic acid groups (broad SMARTS) is 1. The van der Waals surface area contributed by atoms with E-state index in [1.807, 2.05) is 0 Å². The molecular formula is C12H13N5O3S. The standard InChI is InChI=1S/C12H13N5O3S/c1-12(11(19)20)4-2-5-16(12)10(18)9-8(3-6-21-9)17-7-13-14-15-17/h3,6-7H,2,4-5H2,1H3,(H,19,20). The van der Waals surface area contributed by atoms with Crippen LogP contribution in [0.4, 0.5) is 0 Å². The Morgan fingerprint density at radius 2 is 2.29 bits per heavy atom. The molecule has 9 heteroatoms. The zero-order valence-electron chi connectivity index (χ0n) is 11.3. The fourth-order valence-electron chi connectivity index (χ4n) is 2.55. The molecule has 0 saturated carbocycles. The Morgan fingerprint density at radius 1 is 1.48 bits per heavy atom. The van der Waals surface area contributed by atoms with Crippen LogP contribution in [0.1, 0.15) is 29.4 Å². The Morgan fingerprint density at radius 3 is 2.95 bits per heavy atom. The molecule has 1 unspecified atom stereocenters. The molecule has 2 aromatic heterocycles. The normalized spacial score (nSPS) is 21.7. The van der Waals surface area contributed by atoms with E-state index in [4.69, 9.17) is 0 Å². The maximum atomic E-state index is 12.7. The Hall–Kier alpha value is -2.29. The third-order valence-corrected chi connectivity index (χ3v) is 4.67. The van der Waals surface area contributed by atoms with E-state index in [-0.39, 0.29) is 5.91 Å². The minimum absolute atomic E-state index is 0.294. The Labute approximate surface area is 124 Å². The molecular weight excluding hydrogens is 294 g/mol. The minimum atomic E-state index is -1.15. The summed E-state index contributed by atoms with van der Waals surface area (Å²) in [5, 5.41) is 22.1. The number of hydrogen-bond donors (Lipinski definition) is 1. The Bertz CT molecular complexity index is 683. The van der Waals surface area contributed by atoms with Crippen molar-refractivity contribution in [1.82, 2.24) is 25.1 Å². The second-order valence-electron chi connectivity index (χ2n) is 5.03. The van der Waals surface area contributed by atoms with Crippen LogP contribution >= 0.6 is 11.3 Å². The van der Waals surface area contributed by atoms with Gasteiger partial charge in [0.2, 0.25) is 0 Å². The summed E-state index contributed by atoms with van der Waals surface area (Å²) in [7, 11) is 0. The largest absolute Gasteiger partial charge is 0.480 e. The van der Waals surface area contributed by atoms with Gasteiger partial charge in [-0.05, 0) is 41.6 Å². The fourth-order valence-corrected chi connectivity index (χ4v) is 3.37. The van der Waals surface area contributed by atoms with Crippen molar-refractivity contribution in [3.05, 3.63) is 22.7 Å². The van der Waals surface area contributed by atoms with Gasteiger partial charge in [-0.1, -0.05) is 0 Å². The monoisotopic (exact) mass is 307 g/mol. The van der Waals surface area contributed by atoms with Gasteiger partial charge in [-0.15, -0.1) is 16.4 Å². The summed E-state index contributed by atoms with van der Waals surface area (Å²) in [6.07, 6.45) is 2.54. The van der Waals surface area contributed by atoms with E-state index in [9.17, 15) is 14.7 Å². The number of rotatable bonds is 3. The average Bonchev–Trinajstić information content (AvgIpc) is 3.18. The van der Waals surface area contributed by atoms with Gasteiger partial charge in [0.15, 0.2) is 0 Å². The number of carbonyl (C=O) groups excluding carboxylic acids is 1. The van der Waals surface area contributed by atoms with Gasteiger partial charge < -0.3 is 10.0 Å². The molecule has 0 spiro atoms. The molecule has 0 radical (unpaired) electrons. The van der Waals surface area contributed by atoms with Crippen molar-refractivity contribution in [2.24, 2.45) is 0 Å². The second-order valence-corrected chi connectivity index (χ2v) is 5.94. The van der Waals surface area contributed by atoms with Crippen LogP contribution < -0.4 is 0 Å². The number of hydrogen-bond acceptors (Lipinski definition) is 6. The van der Waals surface area contributed by atoms with Crippen LogP contribution in [0.2, 0.25) is 0 Å². The van der Waals surface area contributed by atoms with Crippen LogP contribution in [0.25, 0.3) is 5.69 Å². The first-order valence-electron chi connectivity index (χ1n) is 6.40. The molecule has 3 heterocycles. The van der Waals surface area contributed by atoms with Crippen molar-refractivity contribution in [2.75, 3.05) is 6.54 Å². The number of aliphatic carboxylic acids is 1. The van der Waals surface area contributed by atoms with Crippen LogP contribution in [0.15, 0.2) is 17.8 Å². The van der Waals surface area contributed by atoms with E-state index in [1.165, 1.54) is 27.2 Å². The highest BCUT2D eigenvalue weighted by atomic mass is 32.1. The lowest BCUT2D eigenvalue weighted by Gasteiger charge is -2.31. The molecule has 21 heavy (non-hydrogen) atoms. The molecule has 1 atom stereocenters. The molecule has 110 valence electrons. The number of aromatic nitrogens is 4. The maximum Gasteiger partial charge on any atom is 0.329 e. The van der Waals surface area contributed by atoms with Gasteiger partial charge in [-0.25, -0.2) is 4.79 Å². The summed E-state index contributed by atoms with van der Waals surface area (Å²) in [6.45, 7) is 2.03. The molecule has 1 amide bonds. The summed E-state index contributed by atoms with van der Waals surface area (Å²) >= 11 is 1.25. The van der Waals surface area contributed by atoms with Gasteiger partial charge >= 0.3 is 5.97 Å². The SMILES string of the molecule is CC1(C(=O)O)CCCN1C(=O)c1sccc1-n1cnnn1. The molecule has 0 aliphatic carbocycles. The average molecular weight is 307 g/mol. The third-order valence-electron chi connectivity index (χ3n) is 3.78. The minimum Gasteiger partial charge on any atom is -0.480 e. The summed E-state index contributed by atoms with van der Waals surface area (Å²) in [6, 6.07) is 1.74. The van der Waals surface area contributed by atoms with E-state index in [0.29, 0.717) is 30.0 Å². The van der Waals surface area contributed by atoms with Crippen LogP contribution in [-0.4, -0.2) is 54.2 Å². The first-order chi connectivity index (χ1) is 10.0. The molecule has 8 nitrogen and oxygen atoms in total. The summed E-state index contributed by atoms with van der Waals surface area (Å²) in [5.74, 6) is -1.27. The number of nitrogens with zero attached hydrogens (tertiary/aromatic N) is 5. The third kappa shape index (κ3) is 2.09. The van der Waals surface area contributed by atoms with E-state index in [1.54, 1.807) is 18.4 Å². The first kappa shape index (κ1) is 13.7. The molecule has 1 saturated heterocycles.